The van der Waals surface area contributed by atoms with Crippen molar-refractivity contribution in [1.29, 1.82) is 0 Å². The van der Waals surface area contributed by atoms with Crippen LogP contribution in [0.5, 0.6) is 11.5 Å². The van der Waals surface area contributed by atoms with Crippen LogP contribution in [0.3, 0.4) is 0 Å². The molecule has 0 bridgehead atoms. The number of nitrogen functional groups attached to an aromatic ring is 1. The van der Waals surface area contributed by atoms with E-state index in [1.165, 1.54) is 0 Å². The van der Waals surface area contributed by atoms with Gasteiger partial charge in [-0.15, -0.1) is 0 Å². The highest BCUT2D eigenvalue weighted by Gasteiger charge is 2.15. The van der Waals surface area contributed by atoms with Crippen molar-refractivity contribution in [3.63, 3.8) is 0 Å². The van der Waals surface area contributed by atoms with Crippen LogP contribution in [-0.4, -0.2) is 20.1 Å². The van der Waals surface area contributed by atoms with E-state index in [0.717, 1.165) is 16.9 Å². The van der Waals surface area contributed by atoms with E-state index in [9.17, 15) is 4.79 Å². The Morgan fingerprint density at radius 1 is 1.13 bits per heavy atom. The summed E-state index contributed by atoms with van der Waals surface area (Å²) in [6.07, 6.45) is 0.302. The number of carbonyl (C=O) groups is 1. The first-order valence-corrected chi connectivity index (χ1v) is 7.39. The molecule has 122 valence electrons. The second-order valence-electron chi connectivity index (χ2n) is 5.32. The van der Waals surface area contributed by atoms with Crippen LogP contribution in [0.1, 0.15) is 24.1 Å². The van der Waals surface area contributed by atoms with Gasteiger partial charge in [-0.1, -0.05) is 12.1 Å². The summed E-state index contributed by atoms with van der Waals surface area (Å²) >= 11 is 0. The number of carbonyl (C=O) groups excluding carboxylic acids is 1. The minimum Gasteiger partial charge on any atom is -0.497 e. The predicted octanol–water partition coefficient (Wildman–Crippen LogP) is 2.71. The summed E-state index contributed by atoms with van der Waals surface area (Å²) in [6.45, 7) is 1.91. The molecule has 0 heterocycles. The van der Waals surface area contributed by atoms with E-state index in [4.69, 9.17) is 15.2 Å². The lowest BCUT2D eigenvalue weighted by molar-refractivity contribution is -0.121. The average Bonchev–Trinajstić information content (AvgIpc) is 2.56. The molecule has 2 aromatic carbocycles. The van der Waals surface area contributed by atoms with Crippen molar-refractivity contribution >= 4 is 11.6 Å². The van der Waals surface area contributed by atoms with Crippen LogP contribution in [0.25, 0.3) is 0 Å². The van der Waals surface area contributed by atoms with Crippen molar-refractivity contribution in [2.75, 3.05) is 20.0 Å². The van der Waals surface area contributed by atoms with Gasteiger partial charge in [0.25, 0.3) is 0 Å². The third-order valence-corrected chi connectivity index (χ3v) is 3.63. The van der Waals surface area contributed by atoms with Crippen molar-refractivity contribution in [3.05, 3.63) is 53.6 Å². The van der Waals surface area contributed by atoms with Gasteiger partial charge < -0.3 is 20.5 Å². The smallest absolute Gasteiger partial charge is 0.224 e. The van der Waals surface area contributed by atoms with E-state index in [1.807, 2.05) is 37.3 Å². The van der Waals surface area contributed by atoms with E-state index < -0.39 is 0 Å². The van der Waals surface area contributed by atoms with Crippen molar-refractivity contribution in [2.24, 2.45) is 0 Å². The van der Waals surface area contributed by atoms with E-state index in [1.54, 1.807) is 26.4 Å². The molecule has 0 radical (unpaired) electrons. The summed E-state index contributed by atoms with van der Waals surface area (Å²) in [5.41, 5.74) is 8.12. The number of methoxy groups -OCH3 is 2. The van der Waals surface area contributed by atoms with E-state index >= 15 is 0 Å². The lowest BCUT2D eigenvalue weighted by Gasteiger charge is -2.18. The average molecular weight is 314 g/mol. The molecule has 0 spiro atoms. The molecule has 0 saturated carbocycles. The molecule has 23 heavy (non-hydrogen) atoms. The van der Waals surface area contributed by atoms with Gasteiger partial charge in [0, 0.05) is 11.3 Å². The van der Waals surface area contributed by atoms with Crippen molar-refractivity contribution < 1.29 is 14.3 Å². The fourth-order valence-corrected chi connectivity index (χ4v) is 2.37. The van der Waals surface area contributed by atoms with Crippen LogP contribution >= 0.6 is 0 Å². The van der Waals surface area contributed by atoms with Crippen LogP contribution in [-0.2, 0) is 11.2 Å². The number of nitrogens with two attached hydrogens (primary N) is 1. The Kier molecular flexibility index (Phi) is 5.46. The maximum Gasteiger partial charge on any atom is 0.224 e. The summed E-state index contributed by atoms with van der Waals surface area (Å²) in [6, 6.07) is 12.6. The molecular formula is C18H22N2O3. The Balaban J connectivity index is 2.07. The molecule has 1 amide bonds. The molecule has 2 aromatic rings. The highest BCUT2D eigenvalue weighted by Crippen LogP contribution is 2.29. The van der Waals surface area contributed by atoms with Crippen molar-refractivity contribution in [1.82, 2.24) is 5.32 Å². The zero-order valence-corrected chi connectivity index (χ0v) is 13.6. The number of rotatable bonds is 6. The van der Waals surface area contributed by atoms with Gasteiger partial charge in [-0.05, 0) is 42.8 Å². The van der Waals surface area contributed by atoms with E-state index in [-0.39, 0.29) is 11.9 Å². The van der Waals surface area contributed by atoms with Gasteiger partial charge in [-0.25, -0.2) is 0 Å². The molecule has 0 fully saturated rings. The molecule has 0 aliphatic heterocycles. The molecule has 0 aromatic heterocycles. The van der Waals surface area contributed by atoms with E-state index in [0.29, 0.717) is 17.9 Å². The van der Waals surface area contributed by atoms with E-state index in [2.05, 4.69) is 5.32 Å². The quantitative estimate of drug-likeness (QED) is 0.804. The molecule has 1 atom stereocenters. The molecule has 0 saturated heterocycles. The number of amides is 1. The molecule has 5 nitrogen and oxygen atoms in total. The second-order valence-corrected chi connectivity index (χ2v) is 5.32. The number of anilines is 1. The maximum atomic E-state index is 12.2. The molecule has 1 unspecified atom stereocenters. The summed E-state index contributed by atoms with van der Waals surface area (Å²) in [5.74, 6) is 1.37. The first kappa shape index (κ1) is 16.7. The molecular weight excluding hydrogens is 292 g/mol. The van der Waals surface area contributed by atoms with Crippen molar-refractivity contribution in [2.45, 2.75) is 19.4 Å². The Bertz CT molecular complexity index is 668. The largest absolute Gasteiger partial charge is 0.497 e. The second kappa shape index (κ2) is 7.54. The Morgan fingerprint density at radius 2 is 1.83 bits per heavy atom. The fraction of sp³-hybridized carbons (Fsp3) is 0.278. The molecule has 0 aliphatic carbocycles. The first-order chi connectivity index (χ1) is 11.0. The number of benzene rings is 2. The van der Waals surface area contributed by atoms with Gasteiger partial charge in [0.05, 0.1) is 26.7 Å². The van der Waals surface area contributed by atoms with Gasteiger partial charge in [0.1, 0.15) is 11.5 Å². The lowest BCUT2D eigenvalue weighted by atomic mass is 10.1. The zero-order chi connectivity index (χ0) is 16.8. The normalized spacial score (nSPS) is 11.6. The Labute approximate surface area is 136 Å². The maximum absolute atomic E-state index is 12.2. The summed E-state index contributed by atoms with van der Waals surface area (Å²) in [4.78, 5) is 12.2. The standard InChI is InChI=1S/C18H22N2O3/c1-12(16-11-15(22-2)8-9-17(16)23-3)20-18(21)10-13-4-6-14(19)7-5-13/h4-9,11-12H,10,19H2,1-3H3,(H,20,21). The fourth-order valence-electron chi connectivity index (χ4n) is 2.37. The first-order valence-electron chi connectivity index (χ1n) is 7.39. The van der Waals surface area contributed by atoms with Gasteiger partial charge >= 0.3 is 0 Å². The van der Waals surface area contributed by atoms with Crippen LogP contribution in [0, 0.1) is 0 Å². The van der Waals surface area contributed by atoms with Crippen LogP contribution < -0.4 is 20.5 Å². The lowest BCUT2D eigenvalue weighted by Crippen LogP contribution is -2.28. The Morgan fingerprint density at radius 3 is 2.43 bits per heavy atom. The third-order valence-electron chi connectivity index (χ3n) is 3.63. The number of nitrogens with one attached hydrogen (secondary N) is 1. The molecule has 5 heteroatoms. The SMILES string of the molecule is COc1ccc(OC)c(C(C)NC(=O)Cc2ccc(N)cc2)c1. The van der Waals surface area contributed by atoms with Gasteiger partial charge in [0.2, 0.25) is 5.91 Å². The molecule has 3 N–H and O–H groups in total. The van der Waals surface area contributed by atoms with Gasteiger partial charge in [-0.2, -0.15) is 0 Å². The third kappa shape index (κ3) is 4.39. The van der Waals surface area contributed by atoms with Gasteiger partial charge in [-0.3, -0.25) is 4.79 Å². The highest BCUT2D eigenvalue weighted by molar-refractivity contribution is 5.79. The number of ether oxygens (including phenoxy) is 2. The molecule has 2 rings (SSSR count). The monoisotopic (exact) mass is 314 g/mol. The van der Waals surface area contributed by atoms with Gasteiger partial charge in [0.15, 0.2) is 0 Å². The minimum atomic E-state index is -0.193. The topological polar surface area (TPSA) is 73.6 Å². The zero-order valence-electron chi connectivity index (χ0n) is 13.6. The highest BCUT2D eigenvalue weighted by atomic mass is 16.5. The van der Waals surface area contributed by atoms with Crippen molar-refractivity contribution in [3.8, 4) is 11.5 Å². The van der Waals surface area contributed by atoms with Crippen LogP contribution in [0.15, 0.2) is 42.5 Å². The molecule has 0 aliphatic rings. The summed E-state index contributed by atoms with van der Waals surface area (Å²) in [5, 5.41) is 2.98. The number of hydrogen-bond acceptors (Lipinski definition) is 4. The Hall–Kier alpha value is -2.69. The summed E-state index contributed by atoms with van der Waals surface area (Å²) < 4.78 is 10.6. The predicted molar refractivity (Wildman–Crippen MR) is 90.7 cm³/mol. The summed E-state index contributed by atoms with van der Waals surface area (Å²) in [7, 11) is 3.21. The van der Waals surface area contributed by atoms with Crippen LogP contribution in [0.2, 0.25) is 0 Å². The minimum absolute atomic E-state index is 0.0628. The number of hydrogen-bond donors (Lipinski definition) is 2. The van der Waals surface area contributed by atoms with Crippen LogP contribution in [0.4, 0.5) is 5.69 Å².